The van der Waals surface area contributed by atoms with E-state index in [-0.39, 0.29) is 6.04 Å². The Hall–Kier alpha value is -0.960. The highest BCUT2D eigenvalue weighted by Crippen LogP contribution is 2.41. The Morgan fingerprint density at radius 1 is 1.28 bits per heavy atom. The number of hydrogen-bond donors (Lipinski definition) is 1. The second kappa shape index (κ2) is 5.35. The Balaban J connectivity index is 1.98. The minimum absolute atomic E-state index is 0.176. The Morgan fingerprint density at radius 3 is 2.33 bits per heavy atom. The highest BCUT2D eigenvalue weighted by molar-refractivity contribution is 5.09. The van der Waals surface area contributed by atoms with Crippen LogP contribution in [0.15, 0.2) is 12.4 Å². The summed E-state index contributed by atoms with van der Waals surface area (Å²) in [6, 6.07) is 0.176. The van der Waals surface area contributed by atoms with Gasteiger partial charge in [-0.25, -0.2) is 9.97 Å². The van der Waals surface area contributed by atoms with E-state index < -0.39 is 0 Å². The molecule has 1 saturated carbocycles. The minimum Gasteiger partial charge on any atom is -0.328 e. The monoisotopic (exact) mass is 247 g/mol. The first kappa shape index (κ1) is 13.5. The Morgan fingerprint density at radius 2 is 1.83 bits per heavy atom. The van der Waals surface area contributed by atoms with Gasteiger partial charge in [0.15, 0.2) is 0 Å². The summed E-state index contributed by atoms with van der Waals surface area (Å²) in [5.41, 5.74) is 7.43. The van der Waals surface area contributed by atoms with Crippen LogP contribution >= 0.6 is 0 Å². The first-order chi connectivity index (χ1) is 8.46. The van der Waals surface area contributed by atoms with Crippen molar-refractivity contribution in [3.63, 3.8) is 0 Å². The van der Waals surface area contributed by atoms with Gasteiger partial charge in [-0.15, -0.1) is 0 Å². The standard InChI is InChI=1S/C15H25N3/c1-11(16)8-12-9-17-14(18-10-12)13-4-6-15(2,3)7-5-13/h9-11,13H,4-8,16H2,1-3H3. The number of rotatable bonds is 3. The predicted octanol–water partition coefficient (Wildman–Crippen LogP) is 3.05. The number of nitrogens with zero attached hydrogens (tertiary/aromatic N) is 2. The lowest BCUT2D eigenvalue weighted by atomic mass is 9.73. The highest BCUT2D eigenvalue weighted by Gasteiger charge is 2.28. The molecule has 0 saturated heterocycles. The van der Waals surface area contributed by atoms with Crippen LogP contribution in [0.1, 0.15) is 63.8 Å². The zero-order valence-corrected chi connectivity index (χ0v) is 11.8. The Labute approximate surface area is 110 Å². The summed E-state index contributed by atoms with van der Waals surface area (Å²) < 4.78 is 0. The van der Waals surface area contributed by atoms with Crippen molar-refractivity contribution in [1.29, 1.82) is 0 Å². The highest BCUT2D eigenvalue weighted by atomic mass is 14.9. The van der Waals surface area contributed by atoms with E-state index in [1.165, 1.54) is 25.7 Å². The molecule has 0 radical (unpaired) electrons. The lowest BCUT2D eigenvalue weighted by molar-refractivity contribution is 0.220. The lowest BCUT2D eigenvalue weighted by Crippen LogP contribution is -2.22. The Bertz CT molecular complexity index is 371. The second-order valence-corrected chi connectivity index (χ2v) is 6.57. The van der Waals surface area contributed by atoms with Gasteiger partial charge in [-0.2, -0.15) is 0 Å². The molecule has 0 bridgehead atoms. The SMILES string of the molecule is CC(N)Cc1cnc(C2CCC(C)(C)CC2)nc1. The van der Waals surface area contributed by atoms with E-state index in [4.69, 9.17) is 5.73 Å². The molecule has 2 N–H and O–H groups in total. The molecule has 100 valence electrons. The summed E-state index contributed by atoms with van der Waals surface area (Å²) in [4.78, 5) is 9.07. The van der Waals surface area contributed by atoms with Gasteiger partial charge in [-0.1, -0.05) is 13.8 Å². The molecule has 3 nitrogen and oxygen atoms in total. The molecule has 1 fully saturated rings. The van der Waals surface area contributed by atoms with Gasteiger partial charge < -0.3 is 5.73 Å². The van der Waals surface area contributed by atoms with Gasteiger partial charge in [0, 0.05) is 24.4 Å². The summed E-state index contributed by atoms with van der Waals surface area (Å²) in [7, 11) is 0. The summed E-state index contributed by atoms with van der Waals surface area (Å²) in [5, 5.41) is 0. The van der Waals surface area contributed by atoms with Gasteiger partial charge >= 0.3 is 0 Å². The van der Waals surface area contributed by atoms with Crippen molar-refractivity contribution >= 4 is 0 Å². The van der Waals surface area contributed by atoms with Crippen LogP contribution in [0.25, 0.3) is 0 Å². The summed E-state index contributed by atoms with van der Waals surface area (Å²) >= 11 is 0. The largest absolute Gasteiger partial charge is 0.328 e. The predicted molar refractivity (Wildman–Crippen MR) is 74.4 cm³/mol. The van der Waals surface area contributed by atoms with E-state index in [1.807, 2.05) is 19.3 Å². The first-order valence-electron chi connectivity index (χ1n) is 7.03. The first-order valence-corrected chi connectivity index (χ1v) is 7.03. The van der Waals surface area contributed by atoms with Gasteiger partial charge in [0.05, 0.1) is 0 Å². The van der Waals surface area contributed by atoms with Crippen LogP contribution in [0.2, 0.25) is 0 Å². The molecular weight excluding hydrogens is 222 g/mol. The van der Waals surface area contributed by atoms with Gasteiger partial charge in [-0.05, 0) is 50.0 Å². The molecule has 1 aromatic heterocycles. The maximum atomic E-state index is 5.78. The molecule has 1 unspecified atom stereocenters. The van der Waals surface area contributed by atoms with E-state index in [0.29, 0.717) is 11.3 Å². The molecule has 0 amide bonds. The van der Waals surface area contributed by atoms with E-state index >= 15 is 0 Å². The molecule has 18 heavy (non-hydrogen) atoms. The third-order valence-electron chi connectivity index (χ3n) is 3.99. The van der Waals surface area contributed by atoms with Crippen molar-refractivity contribution < 1.29 is 0 Å². The van der Waals surface area contributed by atoms with E-state index in [9.17, 15) is 0 Å². The average molecular weight is 247 g/mol. The molecule has 0 aromatic carbocycles. The molecular formula is C15H25N3. The van der Waals surface area contributed by atoms with Crippen molar-refractivity contribution in [2.45, 2.75) is 64.8 Å². The van der Waals surface area contributed by atoms with Gasteiger partial charge in [0.1, 0.15) is 5.82 Å². The molecule has 0 spiro atoms. The third kappa shape index (κ3) is 3.52. The fraction of sp³-hybridized carbons (Fsp3) is 0.733. The molecule has 1 aliphatic rings. The van der Waals surface area contributed by atoms with Crippen LogP contribution in [-0.2, 0) is 6.42 Å². The second-order valence-electron chi connectivity index (χ2n) is 6.57. The van der Waals surface area contributed by atoms with Crippen LogP contribution in [0.4, 0.5) is 0 Å². The third-order valence-corrected chi connectivity index (χ3v) is 3.99. The number of aromatic nitrogens is 2. The van der Waals surface area contributed by atoms with Crippen LogP contribution in [0, 0.1) is 5.41 Å². The van der Waals surface area contributed by atoms with Crippen LogP contribution in [0.3, 0.4) is 0 Å². The van der Waals surface area contributed by atoms with Crippen molar-refractivity contribution in [2.75, 3.05) is 0 Å². The van der Waals surface area contributed by atoms with Crippen molar-refractivity contribution in [2.24, 2.45) is 11.1 Å². The molecule has 1 aromatic rings. The average Bonchev–Trinajstić information content (AvgIpc) is 2.30. The van der Waals surface area contributed by atoms with Crippen molar-refractivity contribution in [3.8, 4) is 0 Å². The maximum absolute atomic E-state index is 5.78. The topological polar surface area (TPSA) is 51.8 Å². The Kier molecular flexibility index (Phi) is 4.00. The molecule has 1 aliphatic carbocycles. The van der Waals surface area contributed by atoms with Gasteiger partial charge in [0.25, 0.3) is 0 Å². The zero-order chi connectivity index (χ0) is 13.2. The van der Waals surface area contributed by atoms with Gasteiger partial charge in [-0.3, -0.25) is 0 Å². The van der Waals surface area contributed by atoms with Gasteiger partial charge in [0.2, 0.25) is 0 Å². The minimum atomic E-state index is 0.176. The quantitative estimate of drug-likeness (QED) is 0.893. The fourth-order valence-corrected chi connectivity index (χ4v) is 2.71. The summed E-state index contributed by atoms with van der Waals surface area (Å²) in [5.74, 6) is 1.58. The molecule has 3 heteroatoms. The molecule has 2 rings (SSSR count). The summed E-state index contributed by atoms with van der Waals surface area (Å²) in [6.45, 7) is 6.72. The van der Waals surface area contributed by atoms with Crippen molar-refractivity contribution in [1.82, 2.24) is 9.97 Å². The smallest absolute Gasteiger partial charge is 0.131 e. The molecule has 0 aliphatic heterocycles. The van der Waals surface area contributed by atoms with Crippen LogP contribution < -0.4 is 5.73 Å². The van der Waals surface area contributed by atoms with E-state index in [0.717, 1.165) is 17.8 Å². The fourth-order valence-electron chi connectivity index (χ4n) is 2.71. The molecule has 1 heterocycles. The summed E-state index contributed by atoms with van der Waals surface area (Å²) in [6.07, 6.45) is 9.76. The number of hydrogen-bond acceptors (Lipinski definition) is 3. The zero-order valence-electron chi connectivity index (χ0n) is 11.8. The van der Waals surface area contributed by atoms with Crippen molar-refractivity contribution in [3.05, 3.63) is 23.8 Å². The number of nitrogens with two attached hydrogens (primary N) is 1. The van der Waals surface area contributed by atoms with E-state index in [1.54, 1.807) is 0 Å². The lowest BCUT2D eigenvalue weighted by Gasteiger charge is -2.33. The molecule has 1 atom stereocenters. The normalized spacial score (nSPS) is 21.8. The van der Waals surface area contributed by atoms with E-state index in [2.05, 4.69) is 23.8 Å². The van der Waals surface area contributed by atoms with Crippen LogP contribution in [0.5, 0.6) is 0 Å². The maximum Gasteiger partial charge on any atom is 0.131 e. The van der Waals surface area contributed by atoms with Crippen LogP contribution in [-0.4, -0.2) is 16.0 Å².